The molecule has 0 aliphatic carbocycles. The molecule has 1 amide bonds. The summed E-state index contributed by atoms with van der Waals surface area (Å²) in [5.41, 5.74) is 0.702. The Labute approximate surface area is 137 Å². The average Bonchev–Trinajstić information content (AvgIpc) is 2.52. The zero-order valence-corrected chi connectivity index (χ0v) is 13.4. The van der Waals surface area contributed by atoms with Gasteiger partial charge in [-0.25, -0.2) is 8.78 Å². The molecule has 2 N–H and O–H groups in total. The van der Waals surface area contributed by atoms with Crippen LogP contribution in [0.4, 0.5) is 8.78 Å². The Kier molecular flexibility index (Phi) is 6.12. The predicted octanol–water partition coefficient (Wildman–Crippen LogP) is 3.22. The van der Waals surface area contributed by atoms with Gasteiger partial charge in [-0.3, -0.25) is 4.79 Å². The van der Waals surface area contributed by atoms with Crippen LogP contribution in [-0.4, -0.2) is 23.3 Å². The molecule has 0 saturated heterocycles. The Bertz CT molecular complexity index is 657. The summed E-state index contributed by atoms with van der Waals surface area (Å²) in [6.45, 7) is 1.73. The van der Waals surface area contributed by atoms with E-state index in [1.54, 1.807) is 0 Å². The minimum Gasteiger partial charge on any atom is -0.386 e. The molecule has 0 radical (unpaired) electrons. The number of amides is 1. The standard InChI is InChI=1S/C17H17F2NO2S/c1-11-5-7-12(8-6-11)23-10-16(22)20-9-15(21)17-13(18)3-2-4-14(17)19/h2-8,15,21H,9-10H2,1H3,(H,20,22). The first-order chi connectivity index (χ1) is 11.0. The van der Waals surface area contributed by atoms with Gasteiger partial charge in [0.2, 0.25) is 5.91 Å². The van der Waals surface area contributed by atoms with Crippen LogP contribution in [0.3, 0.4) is 0 Å². The van der Waals surface area contributed by atoms with E-state index in [0.717, 1.165) is 22.6 Å². The fourth-order valence-corrected chi connectivity index (χ4v) is 2.70. The minimum absolute atomic E-state index is 0.162. The summed E-state index contributed by atoms with van der Waals surface area (Å²) in [5.74, 6) is -1.82. The number of carbonyl (C=O) groups excluding carboxylic acids is 1. The second-order valence-corrected chi connectivity index (χ2v) is 6.11. The third-order valence-corrected chi connectivity index (χ3v) is 4.23. The molecule has 0 aromatic heterocycles. The summed E-state index contributed by atoms with van der Waals surface area (Å²) in [6.07, 6.45) is -1.43. The number of aryl methyl sites for hydroxylation is 1. The summed E-state index contributed by atoms with van der Waals surface area (Å²) in [4.78, 5) is 12.7. The molecule has 0 aliphatic rings. The van der Waals surface area contributed by atoms with Crippen molar-refractivity contribution in [2.24, 2.45) is 0 Å². The van der Waals surface area contributed by atoms with Crippen LogP contribution in [0.1, 0.15) is 17.2 Å². The molecule has 122 valence electrons. The van der Waals surface area contributed by atoms with Crippen LogP contribution >= 0.6 is 11.8 Å². The van der Waals surface area contributed by atoms with Gasteiger partial charge in [-0.05, 0) is 31.2 Å². The predicted molar refractivity (Wildman–Crippen MR) is 86.2 cm³/mol. The molecule has 0 bridgehead atoms. The van der Waals surface area contributed by atoms with Crippen molar-refractivity contribution in [1.29, 1.82) is 0 Å². The Morgan fingerprint density at radius 1 is 1.17 bits per heavy atom. The fourth-order valence-electron chi connectivity index (χ4n) is 1.98. The van der Waals surface area contributed by atoms with Gasteiger partial charge in [0.15, 0.2) is 0 Å². The summed E-state index contributed by atoms with van der Waals surface area (Å²) in [7, 11) is 0. The number of hydrogen-bond donors (Lipinski definition) is 2. The van der Waals surface area contributed by atoms with Gasteiger partial charge in [0.1, 0.15) is 17.7 Å². The van der Waals surface area contributed by atoms with Crippen molar-refractivity contribution in [3.63, 3.8) is 0 Å². The highest BCUT2D eigenvalue weighted by Gasteiger charge is 2.18. The van der Waals surface area contributed by atoms with Gasteiger partial charge in [-0.15, -0.1) is 11.8 Å². The number of hydrogen-bond acceptors (Lipinski definition) is 3. The third-order valence-electron chi connectivity index (χ3n) is 3.22. The monoisotopic (exact) mass is 337 g/mol. The number of aliphatic hydroxyl groups is 1. The van der Waals surface area contributed by atoms with E-state index in [9.17, 15) is 18.7 Å². The van der Waals surface area contributed by atoms with Crippen LogP contribution in [0.2, 0.25) is 0 Å². The number of carbonyl (C=O) groups is 1. The molecule has 2 aromatic carbocycles. The molecule has 0 fully saturated rings. The topological polar surface area (TPSA) is 49.3 Å². The van der Waals surface area contributed by atoms with Gasteiger partial charge in [0, 0.05) is 11.4 Å². The highest BCUT2D eigenvalue weighted by Crippen LogP contribution is 2.20. The highest BCUT2D eigenvalue weighted by molar-refractivity contribution is 8.00. The van der Waals surface area contributed by atoms with Crippen LogP contribution in [0.25, 0.3) is 0 Å². The van der Waals surface area contributed by atoms with E-state index in [0.29, 0.717) is 0 Å². The molecule has 0 aliphatic heterocycles. The van der Waals surface area contributed by atoms with Crippen molar-refractivity contribution >= 4 is 17.7 Å². The van der Waals surface area contributed by atoms with Crippen molar-refractivity contribution in [2.45, 2.75) is 17.9 Å². The van der Waals surface area contributed by atoms with Crippen LogP contribution < -0.4 is 5.32 Å². The minimum atomic E-state index is -1.43. The molecule has 0 spiro atoms. The molecule has 2 aromatic rings. The lowest BCUT2D eigenvalue weighted by atomic mass is 10.1. The summed E-state index contributed by atoms with van der Waals surface area (Å²) in [5, 5.41) is 12.3. The Hall–Kier alpha value is -1.92. The molecule has 3 nitrogen and oxygen atoms in total. The van der Waals surface area contributed by atoms with Crippen molar-refractivity contribution in [1.82, 2.24) is 5.32 Å². The first-order valence-electron chi connectivity index (χ1n) is 7.05. The zero-order valence-electron chi connectivity index (χ0n) is 12.6. The van der Waals surface area contributed by atoms with Gasteiger partial charge < -0.3 is 10.4 Å². The van der Waals surface area contributed by atoms with E-state index in [4.69, 9.17) is 0 Å². The second-order valence-electron chi connectivity index (χ2n) is 5.06. The maximum absolute atomic E-state index is 13.5. The Morgan fingerprint density at radius 3 is 2.39 bits per heavy atom. The SMILES string of the molecule is Cc1ccc(SCC(=O)NCC(O)c2c(F)cccc2F)cc1. The molecular weight excluding hydrogens is 320 g/mol. The third kappa shape index (κ3) is 5.04. The number of thioether (sulfide) groups is 1. The number of halogens is 2. The van der Waals surface area contributed by atoms with Gasteiger partial charge in [-0.1, -0.05) is 23.8 Å². The first kappa shape index (κ1) is 17.4. The fraction of sp³-hybridized carbons (Fsp3) is 0.235. The van der Waals surface area contributed by atoms with E-state index in [1.165, 1.54) is 17.8 Å². The largest absolute Gasteiger partial charge is 0.386 e. The molecule has 23 heavy (non-hydrogen) atoms. The molecule has 1 unspecified atom stereocenters. The van der Waals surface area contributed by atoms with Gasteiger partial charge in [0.05, 0.1) is 11.3 Å². The second kappa shape index (κ2) is 8.08. The molecule has 6 heteroatoms. The molecule has 0 heterocycles. The normalized spacial score (nSPS) is 12.0. The maximum atomic E-state index is 13.5. The van der Waals surface area contributed by atoms with Crippen LogP contribution in [0, 0.1) is 18.6 Å². The Balaban J connectivity index is 1.83. The number of aliphatic hydroxyl groups excluding tert-OH is 1. The number of rotatable bonds is 6. The van der Waals surface area contributed by atoms with Crippen molar-refractivity contribution in [3.05, 3.63) is 65.2 Å². The van der Waals surface area contributed by atoms with Gasteiger partial charge >= 0.3 is 0 Å². The van der Waals surface area contributed by atoms with Gasteiger partial charge in [-0.2, -0.15) is 0 Å². The van der Waals surface area contributed by atoms with E-state index in [1.807, 2.05) is 31.2 Å². The summed E-state index contributed by atoms with van der Waals surface area (Å²) in [6, 6.07) is 11.1. The number of benzene rings is 2. The summed E-state index contributed by atoms with van der Waals surface area (Å²) < 4.78 is 27.0. The maximum Gasteiger partial charge on any atom is 0.230 e. The molecule has 2 rings (SSSR count). The number of nitrogens with one attached hydrogen (secondary N) is 1. The molecule has 1 atom stereocenters. The molecular formula is C17H17F2NO2S. The van der Waals surface area contributed by atoms with E-state index in [2.05, 4.69) is 5.32 Å². The van der Waals surface area contributed by atoms with Crippen LogP contribution in [0.5, 0.6) is 0 Å². The lowest BCUT2D eigenvalue weighted by molar-refractivity contribution is -0.119. The van der Waals surface area contributed by atoms with Crippen molar-refractivity contribution in [3.8, 4) is 0 Å². The van der Waals surface area contributed by atoms with Crippen LogP contribution in [0.15, 0.2) is 47.4 Å². The highest BCUT2D eigenvalue weighted by atomic mass is 32.2. The van der Waals surface area contributed by atoms with Crippen molar-refractivity contribution < 1.29 is 18.7 Å². The Morgan fingerprint density at radius 2 is 1.78 bits per heavy atom. The quantitative estimate of drug-likeness (QED) is 0.796. The smallest absolute Gasteiger partial charge is 0.230 e. The lowest BCUT2D eigenvalue weighted by Gasteiger charge is -2.13. The van der Waals surface area contributed by atoms with E-state index < -0.39 is 23.3 Å². The van der Waals surface area contributed by atoms with Crippen LogP contribution in [-0.2, 0) is 4.79 Å². The molecule has 0 saturated carbocycles. The van der Waals surface area contributed by atoms with Crippen molar-refractivity contribution in [2.75, 3.05) is 12.3 Å². The van der Waals surface area contributed by atoms with E-state index in [-0.39, 0.29) is 18.2 Å². The first-order valence-corrected chi connectivity index (χ1v) is 8.04. The van der Waals surface area contributed by atoms with E-state index >= 15 is 0 Å². The lowest BCUT2D eigenvalue weighted by Crippen LogP contribution is -2.30. The average molecular weight is 337 g/mol. The zero-order chi connectivity index (χ0) is 16.8. The summed E-state index contributed by atoms with van der Waals surface area (Å²) >= 11 is 1.35. The van der Waals surface area contributed by atoms with Gasteiger partial charge in [0.25, 0.3) is 0 Å².